The number of carbonyl (C=O) groups excluding carboxylic acids is 4. The summed E-state index contributed by atoms with van der Waals surface area (Å²) in [4.78, 5) is 68.5. The lowest BCUT2D eigenvalue weighted by Gasteiger charge is -2.31. The molecule has 4 aromatic rings. The second-order valence-corrected chi connectivity index (χ2v) is 14.9. The Morgan fingerprint density at radius 1 is 0.894 bits per heavy atom. The molecule has 2 aliphatic rings. The molecule has 242 valence electrons. The summed E-state index contributed by atoms with van der Waals surface area (Å²) in [6.45, 7) is 10.0. The van der Waals surface area contributed by atoms with Crippen LogP contribution < -0.4 is 15.1 Å². The second-order valence-electron chi connectivity index (χ2n) is 12.7. The Kier molecular flexibility index (Phi) is 8.71. The van der Waals surface area contributed by atoms with E-state index in [4.69, 9.17) is 4.74 Å². The van der Waals surface area contributed by atoms with Crippen molar-refractivity contribution in [3.8, 4) is 0 Å². The summed E-state index contributed by atoms with van der Waals surface area (Å²) < 4.78 is 6.41. The first-order valence-electron chi connectivity index (χ1n) is 15.4. The van der Waals surface area contributed by atoms with Crippen molar-refractivity contribution < 1.29 is 23.9 Å². The number of fused-ring (bicyclic) bond motifs is 2. The van der Waals surface area contributed by atoms with E-state index >= 15 is 0 Å². The van der Waals surface area contributed by atoms with E-state index < -0.39 is 29.0 Å². The number of imide groups is 1. The molecule has 0 aliphatic carbocycles. The predicted octanol–water partition coefficient (Wildman–Crippen LogP) is 6.13. The summed E-state index contributed by atoms with van der Waals surface area (Å²) in [6.07, 6.45) is 0. The standard InChI is InChI=1S/C36H35N3O6S2/c1-6-45-34(43)22-11-15-24(16-12-22)37-26(40)19-38-33-30(47-35(38)44)27(21-9-13-23(14-10-21)36(3,4)5)28-29(46-33)32(42)39(31(28)41)25-17-7-20(2)8-18-25/h7-18,27-29H,6,19H2,1-5H3,(H,37,40)/t27-,28+,29-/m0/s1. The number of hydrogen-bond acceptors (Lipinski definition) is 8. The van der Waals surface area contributed by atoms with Gasteiger partial charge in [0, 0.05) is 16.5 Å². The van der Waals surface area contributed by atoms with Crippen LogP contribution in [-0.2, 0) is 31.1 Å². The minimum Gasteiger partial charge on any atom is -0.462 e. The Morgan fingerprint density at radius 2 is 1.55 bits per heavy atom. The molecular formula is C36H35N3O6S2. The highest BCUT2D eigenvalue weighted by molar-refractivity contribution is 8.00. The van der Waals surface area contributed by atoms with E-state index in [0.29, 0.717) is 26.8 Å². The SMILES string of the molecule is CCOC(=O)c1ccc(NC(=O)Cn2c3c(sc2=O)[C@@H](c2ccc(C(C)(C)C)cc2)[C@H]2C(=O)N(c4ccc(C)cc4)C(=O)[C@H]2S3)cc1. The molecule has 1 aromatic heterocycles. The molecule has 2 aliphatic heterocycles. The molecule has 0 bridgehead atoms. The summed E-state index contributed by atoms with van der Waals surface area (Å²) in [7, 11) is 0. The number of hydrogen-bond donors (Lipinski definition) is 1. The fourth-order valence-corrected chi connectivity index (χ4v) is 8.77. The summed E-state index contributed by atoms with van der Waals surface area (Å²) in [5.74, 6) is -2.81. The van der Waals surface area contributed by atoms with Gasteiger partial charge in [0.2, 0.25) is 17.7 Å². The Morgan fingerprint density at radius 3 is 2.17 bits per heavy atom. The number of thioether (sulfide) groups is 1. The average molecular weight is 670 g/mol. The van der Waals surface area contributed by atoms with Gasteiger partial charge in [0.05, 0.1) is 28.8 Å². The Labute approximate surface area is 280 Å². The van der Waals surface area contributed by atoms with Gasteiger partial charge in [-0.05, 0) is 66.8 Å². The zero-order chi connectivity index (χ0) is 33.6. The lowest BCUT2D eigenvalue weighted by Crippen LogP contribution is -2.33. The van der Waals surface area contributed by atoms with E-state index in [1.54, 1.807) is 43.3 Å². The van der Waals surface area contributed by atoms with Crippen LogP contribution in [0, 0.1) is 12.8 Å². The van der Waals surface area contributed by atoms with Crippen molar-refractivity contribution >= 4 is 58.2 Å². The van der Waals surface area contributed by atoms with Gasteiger partial charge in [-0.2, -0.15) is 0 Å². The maximum absolute atomic E-state index is 14.1. The molecular weight excluding hydrogens is 635 g/mol. The number of nitrogens with one attached hydrogen (secondary N) is 1. The minimum absolute atomic E-state index is 0.0866. The summed E-state index contributed by atoms with van der Waals surface area (Å²) in [6, 6.07) is 21.6. The monoisotopic (exact) mass is 669 g/mol. The average Bonchev–Trinajstić information content (AvgIpc) is 3.47. The number of benzene rings is 3. The second kappa shape index (κ2) is 12.6. The van der Waals surface area contributed by atoms with Gasteiger partial charge in [-0.3, -0.25) is 23.7 Å². The van der Waals surface area contributed by atoms with Crippen LogP contribution >= 0.6 is 23.1 Å². The van der Waals surface area contributed by atoms with Gasteiger partial charge in [0.15, 0.2) is 0 Å². The summed E-state index contributed by atoms with van der Waals surface area (Å²) >= 11 is 2.19. The zero-order valence-corrected chi connectivity index (χ0v) is 28.4. The molecule has 3 heterocycles. The molecule has 1 saturated heterocycles. The van der Waals surface area contributed by atoms with E-state index in [1.165, 1.54) is 21.2 Å². The van der Waals surface area contributed by atoms with Crippen LogP contribution in [0.25, 0.3) is 0 Å². The highest BCUT2D eigenvalue weighted by Gasteiger charge is 2.56. The zero-order valence-electron chi connectivity index (χ0n) is 26.7. The number of nitrogens with zero attached hydrogens (tertiary/aromatic N) is 2. The van der Waals surface area contributed by atoms with Crippen molar-refractivity contribution in [1.82, 2.24) is 4.57 Å². The van der Waals surface area contributed by atoms with E-state index in [-0.39, 0.29) is 35.3 Å². The van der Waals surface area contributed by atoms with Crippen LogP contribution in [0.2, 0.25) is 0 Å². The minimum atomic E-state index is -0.776. The molecule has 9 nitrogen and oxygen atoms in total. The molecule has 6 rings (SSSR count). The third-order valence-corrected chi connectivity index (χ3v) is 11.1. The van der Waals surface area contributed by atoms with Gasteiger partial charge >= 0.3 is 10.8 Å². The van der Waals surface area contributed by atoms with E-state index in [2.05, 4.69) is 26.1 Å². The number of aromatic nitrogens is 1. The normalized spacial score (nSPS) is 18.9. The van der Waals surface area contributed by atoms with Crippen molar-refractivity contribution in [2.24, 2.45) is 5.92 Å². The molecule has 0 saturated carbocycles. The van der Waals surface area contributed by atoms with E-state index in [0.717, 1.165) is 28.0 Å². The number of rotatable bonds is 7. The lowest BCUT2D eigenvalue weighted by atomic mass is 9.81. The lowest BCUT2D eigenvalue weighted by molar-refractivity contribution is -0.122. The quantitative estimate of drug-likeness (QED) is 0.186. The molecule has 1 fully saturated rings. The van der Waals surface area contributed by atoms with Gasteiger partial charge < -0.3 is 10.1 Å². The number of thiazole rings is 1. The van der Waals surface area contributed by atoms with Crippen LogP contribution in [0.1, 0.15) is 65.5 Å². The first-order chi connectivity index (χ1) is 22.4. The summed E-state index contributed by atoms with van der Waals surface area (Å²) in [5, 5.41) is 2.53. The van der Waals surface area contributed by atoms with Crippen LogP contribution in [0.4, 0.5) is 11.4 Å². The van der Waals surface area contributed by atoms with Crippen LogP contribution in [0.15, 0.2) is 82.6 Å². The number of esters is 1. The largest absolute Gasteiger partial charge is 0.462 e. The molecule has 0 radical (unpaired) electrons. The van der Waals surface area contributed by atoms with Crippen molar-refractivity contribution in [3.05, 3.63) is 110 Å². The summed E-state index contributed by atoms with van der Waals surface area (Å²) in [5.41, 5.74) is 4.20. The fraction of sp³-hybridized carbons (Fsp3) is 0.306. The third kappa shape index (κ3) is 6.17. The molecule has 3 amide bonds. The van der Waals surface area contributed by atoms with Gasteiger partial charge in [-0.1, -0.05) is 85.8 Å². The van der Waals surface area contributed by atoms with Crippen molar-refractivity contribution in [2.75, 3.05) is 16.8 Å². The molecule has 1 N–H and O–H groups in total. The molecule has 0 unspecified atom stereocenters. The fourth-order valence-electron chi connectivity index (χ4n) is 6.00. The first-order valence-corrected chi connectivity index (χ1v) is 17.1. The Hall–Kier alpha value is -4.48. The van der Waals surface area contributed by atoms with Crippen molar-refractivity contribution in [3.63, 3.8) is 0 Å². The van der Waals surface area contributed by atoms with Crippen molar-refractivity contribution in [1.29, 1.82) is 0 Å². The van der Waals surface area contributed by atoms with Gasteiger partial charge in [0.25, 0.3) is 0 Å². The predicted molar refractivity (Wildman–Crippen MR) is 183 cm³/mol. The number of aryl methyl sites for hydroxylation is 1. The highest BCUT2D eigenvalue weighted by Crippen LogP contribution is 2.54. The topological polar surface area (TPSA) is 115 Å². The molecule has 3 aromatic carbocycles. The number of amides is 3. The van der Waals surface area contributed by atoms with Gasteiger partial charge in [-0.25, -0.2) is 9.69 Å². The van der Waals surface area contributed by atoms with Crippen LogP contribution in [0.3, 0.4) is 0 Å². The Bertz CT molecular complexity index is 1920. The number of carbonyl (C=O) groups is 4. The van der Waals surface area contributed by atoms with Gasteiger partial charge in [0.1, 0.15) is 11.8 Å². The number of anilines is 2. The third-order valence-electron chi connectivity index (χ3n) is 8.46. The maximum atomic E-state index is 14.1. The van der Waals surface area contributed by atoms with Crippen molar-refractivity contribution in [2.45, 2.75) is 62.8 Å². The Balaban J connectivity index is 1.35. The van der Waals surface area contributed by atoms with E-state index in [1.807, 2.05) is 43.3 Å². The molecule has 0 spiro atoms. The molecule has 3 atom stereocenters. The maximum Gasteiger partial charge on any atom is 0.338 e. The van der Waals surface area contributed by atoms with Crippen LogP contribution in [0.5, 0.6) is 0 Å². The molecule has 47 heavy (non-hydrogen) atoms. The molecule has 11 heteroatoms. The van der Waals surface area contributed by atoms with Gasteiger partial charge in [-0.15, -0.1) is 0 Å². The smallest absolute Gasteiger partial charge is 0.338 e. The van der Waals surface area contributed by atoms with Crippen LogP contribution in [-0.4, -0.2) is 40.1 Å². The number of ether oxygens (including phenoxy) is 1. The highest BCUT2D eigenvalue weighted by atomic mass is 32.2. The van der Waals surface area contributed by atoms with E-state index in [9.17, 15) is 24.0 Å². The first kappa shape index (κ1) is 32.5.